The van der Waals surface area contributed by atoms with Crippen LogP contribution in [0.15, 0.2) is 59.1 Å². The van der Waals surface area contributed by atoms with Gasteiger partial charge in [-0.1, -0.05) is 40.2 Å². The number of carbonyl (C=O) groups excluding carboxylic acids is 2. The first kappa shape index (κ1) is 16.0. The van der Waals surface area contributed by atoms with Gasteiger partial charge in [-0.3, -0.25) is 9.59 Å². The minimum atomic E-state index is -0.259. The summed E-state index contributed by atoms with van der Waals surface area (Å²) in [5.74, 6) is -0.454. The third-order valence-corrected chi connectivity index (χ3v) is 3.66. The molecule has 0 bridgehead atoms. The molecule has 0 saturated heterocycles. The topological polar surface area (TPSA) is 58.2 Å². The molecule has 0 saturated carbocycles. The normalized spacial score (nSPS) is 10.5. The number of amides is 2. The van der Waals surface area contributed by atoms with Gasteiger partial charge in [0.05, 0.1) is 0 Å². The summed E-state index contributed by atoms with van der Waals surface area (Å²) < 4.78 is 0.917. The van der Waals surface area contributed by atoms with Crippen molar-refractivity contribution in [2.75, 3.05) is 12.4 Å². The first-order valence-electron chi connectivity index (χ1n) is 6.66. The van der Waals surface area contributed by atoms with Crippen molar-refractivity contribution in [3.8, 4) is 0 Å². The van der Waals surface area contributed by atoms with Gasteiger partial charge in [0.15, 0.2) is 0 Å². The maximum absolute atomic E-state index is 11.9. The van der Waals surface area contributed by atoms with E-state index in [1.807, 2.05) is 24.3 Å². The average Bonchev–Trinajstić information content (AvgIpc) is 2.53. The molecular formula is C17H15BrN2O2. The molecular weight excluding hydrogens is 344 g/mol. The highest BCUT2D eigenvalue weighted by molar-refractivity contribution is 9.10. The highest BCUT2D eigenvalue weighted by atomic mass is 79.9. The van der Waals surface area contributed by atoms with Crippen LogP contribution in [0.2, 0.25) is 0 Å². The van der Waals surface area contributed by atoms with Gasteiger partial charge < -0.3 is 10.6 Å². The van der Waals surface area contributed by atoms with Crippen molar-refractivity contribution in [3.63, 3.8) is 0 Å². The Bertz CT molecular complexity index is 726. The van der Waals surface area contributed by atoms with Gasteiger partial charge in [0, 0.05) is 28.8 Å². The number of hydrogen-bond donors (Lipinski definition) is 2. The van der Waals surface area contributed by atoms with Crippen molar-refractivity contribution < 1.29 is 9.59 Å². The lowest BCUT2D eigenvalue weighted by Crippen LogP contribution is -2.18. The number of halogens is 1. The highest BCUT2D eigenvalue weighted by Gasteiger charge is 2.05. The van der Waals surface area contributed by atoms with Crippen LogP contribution in [-0.2, 0) is 4.79 Å². The molecule has 22 heavy (non-hydrogen) atoms. The fourth-order valence-electron chi connectivity index (χ4n) is 1.84. The lowest BCUT2D eigenvalue weighted by molar-refractivity contribution is -0.111. The van der Waals surface area contributed by atoms with Gasteiger partial charge in [-0.25, -0.2) is 0 Å². The van der Waals surface area contributed by atoms with Gasteiger partial charge in [-0.15, -0.1) is 0 Å². The summed E-state index contributed by atoms with van der Waals surface area (Å²) in [6.07, 6.45) is 3.18. The predicted octanol–water partition coefficient (Wildman–Crippen LogP) is 3.46. The first-order valence-corrected chi connectivity index (χ1v) is 7.45. The summed E-state index contributed by atoms with van der Waals surface area (Å²) in [5.41, 5.74) is 1.98. The molecule has 0 aliphatic carbocycles. The van der Waals surface area contributed by atoms with E-state index in [2.05, 4.69) is 26.6 Å². The molecule has 2 aromatic carbocycles. The molecule has 4 nitrogen and oxygen atoms in total. The van der Waals surface area contributed by atoms with E-state index in [4.69, 9.17) is 0 Å². The van der Waals surface area contributed by atoms with Crippen LogP contribution in [0.5, 0.6) is 0 Å². The molecule has 0 aromatic heterocycles. The number of anilines is 1. The molecule has 2 N–H and O–H groups in total. The minimum absolute atomic E-state index is 0.195. The van der Waals surface area contributed by atoms with E-state index >= 15 is 0 Å². The van der Waals surface area contributed by atoms with Crippen LogP contribution in [0.3, 0.4) is 0 Å². The lowest BCUT2D eigenvalue weighted by Gasteiger charge is -2.05. The number of carbonyl (C=O) groups is 2. The van der Waals surface area contributed by atoms with E-state index in [1.54, 1.807) is 37.4 Å². The summed E-state index contributed by atoms with van der Waals surface area (Å²) in [7, 11) is 1.56. The second-order valence-corrected chi connectivity index (χ2v) is 5.36. The maximum Gasteiger partial charge on any atom is 0.251 e. The molecule has 0 aliphatic heterocycles. The van der Waals surface area contributed by atoms with Crippen LogP contribution < -0.4 is 10.6 Å². The molecule has 5 heteroatoms. The van der Waals surface area contributed by atoms with Gasteiger partial charge in [0.1, 0.15) is 0 Å². The Morgan fingerprint density at radius 1 is 1.09 bits per heavy atom. The molecule has 112 valence electrons. The Morgan fingerprint density at radius 3 is 2.59 bits per heavy atom. The molecule has 2 aromatic rings. The fourth-order valence-corrected chi connectivity index (χ4v) is 2.26. The van der Waals surface area contributed by atoms with E-state index in [9.17, 15) is 9.59 Å². The second kappa shape index (κ2) is 7.56. The summed E-state index contributed by atoms with van der Waals surface area (Å²) >= 11 is 3.42. The Kier molecular flexibility index (Phi) is 5.49. The predicted molar refractivity (Wildman–Crippen MR) is 91.6 cm³/mol. The fraction of sp³-hybridized carbons (Fsp3) is 0.0588. The van der Waals surface area contributed by atoms with Gasteiger partial charge in [0.2, 0.25) is 5.91 Å². The van der Waals surface area contributed by atoms with Crippen molar-refractivity contribution in [2.45, 2.75) is 0 Å². The molecule has 2 rings (SSSR count). The maximum atomic E-state index is 11.9. The summed E-state index contributed by atoms with van der Waals surface area (Å²) in [6, 6.07) is 14.4. The van der Waals surface area contributed by atoms with E-state index in [1.165, 1.54) is 6.08 Å². The van der Waals surface area contributed by atoms with Crippen LogP contribution in [0.1, 0.15) is 15.9 Å². The Labute approximate surface area is 137 Å². The van der Waals surface area contributed by atoms with E-state index in [0.29, 0.717) is 11.3 Å². The Balaban J connectivity index is 2.06. The van der Waals surface area contributed by atoms with E-state index in [0.717, 1.165) is 10.0 Å². The van der Waals surface area contributed by atoms with E-state index in [-0.39, 0.29) is 11.8 Å². The van der Waals surface area contributed by atoms with Crippen LogP contribution in [0.4, 0.5) is 5.69 Å². The summed E-state index contributed by atoms with van der Waals surface area (Å²) in [4.78, 5) is 23.5. The van der Waals surface area contributed by atoms with Gasteiger partial charge >= 0.3 is 0 Å². The molecule has 0 atom stereocenters. The second-order valence-electron chi connectivity index (χ2n) is 4.50. The van der Waals surface area contributed by atoms with Crippen LogP contribution in [0, 0.1) is 0 Å². The molecule has 0 spiro atoms. The monoisotopic (exact) mass is 358 g/mol. The van der Waals surface area contributed by atoms with Crippen molar-refractivity contribution in [1.29, 1.82) is 0 Å². The number of rotatable bonds is 4. The summed E-state index contributed by atoms with van der Waals surface area (Å²) in [6.45, 7) is 0. The van der Waals surface area contributed by atoms with Crippen molar-refractivity contribution in [2.24, 2.45) is 0 Å². The first-order chi connectivity index (χ1) is 10.6. The van der Waals surface area contributed by atoms with Crippen LogP contribution in [0.25, 0.3) is 6.08 Å². The zero-order chi connectivity index (χ0) is 15.9. The molecule has 0 radical (unpaired) electrons. The van der Waals surface area contributed by atoms with Gasteiger partial charge in [-0.2, -0.15) is 0 Å². The molecule has 0 heterocycles. The van der Waals surface area contributed by atoms with Crippen molar-refractivity contribution in [1.82, 2.24) is 5.32 Å². The van der Waals surface area contributed by atoms with Crippen molar-refractivity contribution in [3.05, 3.63) is 70.2 Å². The molecule has 0 aliphatic rings. The average molecular weight is 359 g/mol. The largest absolute Gasteiger partial charge is 0.355 e. The van der Waals surface area contributed by atoms with Crippen molar-refractivity contribution >= 4 is 39.5 Å². The zero-order valence-electron chi connectivity index (χ0n) is 12.0. The standard InChI is InChI=1S/C17H15BrN2O2/c1-19-17(22)13-6-4-7-14(11-13)20-16(21)10-9-12-5-2-3-8-15(12)18/h2-11H,1H3,(H,19,22)(H,20,21). The number of hydrogen-bond acceptors (Lipinski definition) is 2. The third kappa shape index (κ3) is 4.30. The zero-order valence-corrected chi connectivity index (χ0v) is 13.6. The summed E-state index contributed by atoms with van der Waals surface area (Å²) in [5, 5.41) is 5.27. The number of benzene rings is 2. The van der Waals surface area contributed by atoms with Crippen LogP contribution in [-0.4, -0.2) is 18.9 Å². The Hall–Kier alpha value is -2.40. The smallest absolute Gasteiger partial charge is 0.251 e. The lowest BCUT2D eigenvalue weighted by atomic mass is 10.2. The molecule has 2 amide bonds. The molecule has 0 fully saturated rings. The highest BCUT2D eigenvalue weighted by Crippen LogP contribution is 2.17. The number of nitrogens with one attached hydrogen (secondary N) is 2. The Morgan fingerprint density at radius 2 is 1.86 bits per heavy atom. The molecule has 0 unspecified atom stereocenters. The van der Waals surface area contributed by atoms with Gasteiger partial charge in [-0.05, 0) is 35.9 Å². The van der Waals surface area contributed by atoms with Gasteiger partial charge in [0.25, 0.3) is 5.91 Å². The SMILES string of the molecule is CNC(=O)c1cccc(NC(=O)C=Cc2ccccc2Br)c1. The third-order valence-electron chi connectivity index (χ3n) is 2.94. The van der Waals surface area contributed by atoms with Crippen LogP contribution >= 0.6 is 15.9 Å². The van der Waals surface area contributed by atoms with E-state index < -0.39 is 0 Å². The minimum Gasteiger partial charge on any atom is -0.355 e. The quantitative estimate of drug-likeness (QED) is 0.822.